The molecule has 0 aliphatic heterocycles. The molecular formula is C9H23N3+. The number of hydrazine groups is 1. The van der Waals surface area contributed by atoms with Crippen molar-refractivity contribution >= 4 is 0 Å². The van der Waals surface area contributed by atoms with Crippen LogP contribution in [-0.2, 0) is 0 Å². The number of rotatable bonds is 5. The van der Waals surface area contributed by atoms with Crippen molar-refractivity contribution < 1.29 is 0 Å². The van der Waals surface area contributed by atoms with Crippen molar-refractivity contribution in [2.75, 3.05) is 0 Å². The molecule has 12 heavy (non-hydrogen) atoms. The molecule has 0 fully saturated rings. The first-order valence-corrected chi connectivity index (χ1v) is 4.78. The molecule has 3 heteroatoms. The molecule has 0 aromatic carbocycles. The van der Waals surface area contributed by atoms with E-state index < -0.39 is 0 Å². The predicted octanol–water partition coefficient (Wildman–Crippen LogP) is 1.14. The van der Waals surface area contributed by atoms with Gasteiger partial charge >= 0.3 is 0 Å². The predicted molar refractivity (Wildman–Crippen MR) is 53.8 cm³/mol. The molecule has 1 unspecified atom stereocenters. The van der Waals surface area contributed by atoms with Crippen LogP contribution in [0.2, 0.25) is 0 Å². The van der Waals surface area contributed by atoms with Crippen LogP contribution in [-0.4, -0.2) is 18.2 Å². The maximum Gasteiger partial charge on any atom is 0.207 e. The summed E-state index contributed by atoms with van der Waals surface area (Å²) >= 11 is 0. The summed E-state index contributed by atoms with van der Waals surface area (Å²) in [6.07, 6.45) is 1.33. The smallest absolute Gasteiger partial charge is 0.207 e. The minimum atomic E-state index is 0.296. The van der Waals surface area contributed by atoms with Gasteiger partial charge in [0.2, 0.25) is 6.17 Å². The molecule has 0 aromatic rings. The Balaban J connectivity index is 3.96. The van der Waals surface area contributed by atoms with Crippen LogP contribution in [0.3, 0.4) is 0 Å². The first-order valence-electron chi connectivity index (χ1n) is 4.78. The van der Waals surface area contributed by atoms with Gasteiger partial charge in [-0.1, -0.05) is 11.9 Å². The number of hydrogen-bond donors (Lipinski definition) is 2. The largest absolute Gasteiger partial charge is 0.260 e. The maximum absolute atomic E-state index is 5.89. The summed E-state index contributed by atoms with van der Waals surface area (Å²) in [4.78, 5) is 0. The van der Waals surface area contributed by atoms with Crippen molar-refractivity contribution in [2.45, 2.75) is 59.3 Å². The Labute approximate surface area is 76.3 Å². The highest BCUT2D eigenvalue weighted by Gasteiger charge is 2.26. The monoisotopic (exact) mass is 173 g/mol. The minimum Gasteiger partial charge on any atom is -0.260 e. The number of nitrogens with one attached hydrogen (secondary N) is 1. The molecular weight excluding hydrogens is 150 g/mol. The summed E-state index contributed by atoms with van der Waals surface area (Å²) in [5.41, 5.74) is 0. The van der Waals surface area contributed by atoms with Gasteiger partial charge in [0.05, 0.1) is 0 Å². The number of nitrogens with zero attached hydrogens (tertiary/aromatic N) is 1. The van der Waals surface area contributed by atoms with E-state index in [1.165, 1.54) is 0 Å². The number of nitrogens with two attached hydrogens (primary N) is 1. The van der Waals surface area contributed by atoms with Crippen LogP contribution >= 0.6 is 0 Å². The van der Waals surface area contributed by atoms with E-state index in [9.17, 15) is 0 Å². The fraction of sp³-hybridized carbons (Fsp3) is 1.00. The second-order valence-electron chi connectivity index (χ2n) is 3.79. The molecule has 0 saturated carbocycles. The average molecular weight is 173 g/mol. The molecule has 0 aromatic heterocycles. The molecule has 0 spiro atoms. The standard InChI is InChI=1S/C9H23N3/c1-6-9(11-7(2)3)12(10)8(4)5/h7-9,11H,6,10H2,1-5H3/q+1. The van der Waals surface area contributed by atoms with Crippen LogP contribution in [0.5, 0.6) is 0 Å². The second kappa shape index (κ2) is 5.51. The fourth-order valence-corrected chi connectivity index (χ4v) is 1.16. The van der Waals surface area contributed by atoms with E-state index in [1.807, 2.05) is 5.01 Å². The molecule has 0 aliphatic carbocycles. The molecule has 0 saturated heterocycles. The van der Waals surface area contributed by atoms with Gasteiger partial charge in [0.25, 0.3) is 0 Å². The van der Waals surface area contributed by atoms with Gasteiger partial charge in [-0.25, -0.2) is 0 Å². The van der Waals surface area contributed by atoms with Gasteiger partial charge in [-0.05, 0) is 27.7 Å². The first kappa shape index (κ1) is 11.9. The van der Waals surface area contributed by atoms with Crippen molar-refractivity contribution in [2.24, 2.45) is 5.84 Å². The van der Waals surface area contributed by atoms with Crippen LogP contribution in [0, 0.1) is 0 Å². The lowest BCUT2D eigenvalue weighted by atomic mass is 10.2. The van der Waals surface area contributed by atoms with Crippen molar-refractivity contribution in [1.29, 1.82) is 0 Å². The van der Waals surface area contributed by atoms with Gasteiger partial charge in [-0.15, -0.1) is 5.84 Å². The Morgan fingerprint density at radius 1 is 1.25 bits per heavy atom. The van der Waals surface area contributed by atoms with Crippen LogP contribution in [0.25, 0.3) is 0 Å². The van der Waals surface area contributed by atoms with Crippen molar-refractivity contribution in [3.8, 4) is 0 Å². The van der Waals surface area contributed by atoms with E-state index in [4.69, 9.17) is 5.84 Å². The minimum absolute atomic E-state index is 0.296. The molecule has 0 heterocycles. The lowest BCUT2D eigenvalue weighted by molar-refractivity contribution is 0.220. The quantitative estimate of drug-likeness (QED) is 0.283. The third-order valence-electron chi connectivity index (χ3n) is 1.87. The molecule has 3 nitrogen and oxygen atoms in total. The third kappa shape index (κ3) is 4.04. The molecule has 0 rings (SSSR count). The summed E-state index contributed by atoms with van der Waals surface area (Å²) in [6, 6.07) is 0.876. The lowest BCUT2D eigenvalue weighted by Crippen LogP contribution is -2.58. The first-order chi connectivity index (χ1) is 5.49. The molecule has 0 bridgehead atoms. The highest BCUT2D eigenvalue weighted by atomic mass is 15.5. The van der Waals surface area contributed by atoms with Gasteiger partial charge < -0.3 is 0 Å². The Morgan fingerprint density at radius 2 is 1.75 bits per heavy atom. The Morgan fingerprint density at radius 3 is 2.00 bits per heavy atom. The van der Waals surface area contributed by atoms with Crippen LogP contribution in [0.4, 0.5) is 0 Å². The molecule has 0 amide bonds. The second-order valence-corrected chi connectivity index (χ2v) is 3.79. The fourth-order valence-electron chi connectivity index (χ4n) is 1.16. The Kier molecular flexibility index (Phi) is 5.46. The van der Waals surface area contributed by atoms with Gasteiger partial charge in [0, 0.05) is 12.5 Å². The van der Waals surface area contributed by atoms with E-state index >= 15 is 0 Å². The van der Waals surface area contributed by atoms with Crippen LogP contribution < -0.4 is 16.2 Å². The zero-order chi connectivity index (χ0) is 9.72. The maximum atomic E-state index is 5.89. The van der Waals surface area contributed by atoms with Gasteiger partial charge in [0.15, 0.2) is 6.04 Å². The van der Waals surface area contributed by atoms with E-state index in [0.29, 0.717) is 18.2 Å². The lowest BCUT2D eigenvalue weighted by Gasteiger charge is -2.21. The molecule has 73 valence electrons. The third-order valence-corrected chi connectivity index (χ3v) is 1.87. The highest BCUT2D eigenvalue weighted by Crippen LogP contribution is 1.98. The van der Waals surface area contributed by atoms with E-state index in [1.54, 1.807) is 0 Å². The van der Waals surface area contributed by atoms with Gasteiger partial charge in [-0.2, -0.15) is 0 Å². The normalized spacial score (nSPS) is 14.8. The van der Waals surface area contributed by atoms with Crippen molar-refractivity contribution in [3.63, 3.8) is 0 Å². The average Bonchev–Trinajstić information content (AvgIpc) is 1.98. The van der Waals surface area contributed by atoms with Crippen molar-refractivity contribution in [3.05, 3.63) is 0 Å². The van der Waals surface area contributed by atoms with Crippen LogP contribution in [0.1, 0.15) is 41.0 Å². The number of hydrogen-bond acceptors (Lipinski definition) is 3. The van der Waals surface area contributed by atoms with E-state index in [-0.39, 0.29) is 0 Å². The zero-order valence-corrected chi connectivity index (χ0v) is 8.96. The Hall–Kier alpha value is -0.120. The summed E-state index contributed by atoms with van der Waals surface area (Å²) in [5.74, 6) is 5.89. The van der Waals surface area contributed by atoms with E-state index in [0.717, 1.165) is 6.42 Å². The molecule has 3 N–H and O–H groups in total. The molecule has 0 aliphatic rings. The summed E-state index contributed by atoms with van der Waals surface area (Å²) in [7, 11) is 0. The van der Waals surface area contributed by atoms with E-state index in [2.05, 4.69) is 39.9 Å². The summed E-state index contributed by atoms with van der Waals surface area (Å²) < 4.78 is 0. The molecule has 1 radical (unpaired) electrons. The Bertz CT molecular complexity index is 112. The zero-order valence-electron chi connectivity index (χ0n) is 8.96. The SMILES string of the molecule is CCC(NC(C)C)[N+](N)C(C)C. The summed E-state index contributed by atoms with van der Waals surface area (Å²) in [6.45, 7) is 10.6. The molecule has 1 atom stereocenters. The van der Waals surface area contributed by atoms with Gasteiger partial charge in [-0.3, -0.25) is 5.32 Å². The van der Waals surface area contributed by atoms with Crippen LogP contribution in [0.15, 0.2) is 0 Å². The highest BCUT2D eigenvalue weighted by molar-refractivity contribution is 4.72. The topological polar surface area (TPSA) is 44.0 Å². The van der Waals surface area contributed by atoms with Gasteiger partial charge in [0.1, 0.15) is 0 Å². The summed E-state index contributed by atoms with van der Waals surface area (Å²) in [5, 5.41) is 5.29. The van der Waals surface area contributed by atoms with Crippen molar-refractivity contribution in [1.82, 2.24) is 10.3 Å².